The molecule has 0 bridgehead atoms. The van der Waals surface area contributed by atoms with Crippen molar-refractivity contribution in [2.75, 3.05) is 27.3 Å². The number of likely N-dealkylation sites (tertiary alicyclic amines) is 1. The van der Waals surface area contributed by atoms with E-state index in [1.54, 1.807) is 36.3 Å². The number of methoxy groups -OCH3 is 2. The number of carbonyl (C=O) groups excluding carboxylic acids is 1. The van der Waals surface area contributed by atoms with Gasteiger partial charge in [0.25, 0.3) is 5.91 Å². The summed E-state index contributed by atoms with van der Waals surface area (Å²) in [4.78, 5) is 19.2. The fraction of sp³-hybridized carbons (Fsp3) is 0.333. The van der Waals surface area contributed by atoms with Crippen molar-refractivity contribution in [3.63, 3.8) is 0 Å². The number of nitrogens with zero attached hydrogens (tertiary/aromatic N) is 2. The van der Waals surface area contributed by atoms with Gasteiger partial charge in [-0.2, -0.15) is 0 Å². The van der Waals surface area contributed by atoms with Crippen LogP contribution in [0.25, 0.3) is 0 Å². The third kappa shape index (κ3) is 5.52. The highest BCUT2D eigenvalue weighted by Gasteiger charge is 2.38. The van der Waals surface area contributed by atoms with Crippen LogP contribution in [0.5, 0.6) is 11.5 Å². The number of rotatable bonds is 8. The van der Waals surface area contributed by atoms with E-state index in [-0.39, 0.29) is 22.7 Å². The first-order valence-electron chi connectivity index (χ1n) is 11.6. The average molecular weight is 511 g/mol. The molecule has 36 heavy (non-hydrogen) atoms. The Labute approximate surface area is 211 Å². The molecule has 1 amide bonds. The van der Waals surface area contributed by atoms with Crippen molar-refractivity contribution in [1.29, 1.82) is 0 Å². The van der Waals surface area contributed by atoms with E-state index in [0.717, 1.165) is 11.1 Å². The maximum absolute atomic E-state index is 13.2. The molecule has 1 aliphatic heterocycles. The van der Waals surface area contributed by atoms with Gasteiger partial charge >= 0.3 is 0 Å². The molecule has 190 valence electrons. The second-order valence-corrected chi connectivity index (χ2v) is 10.9. The fourth-order valence-corrected chi connectivity index (χ4v) is 5.84. The molecule has 2 unspecified atom stereocenters. The van der Waals surface area contributed by atoms with Crippen molar-refractivity contribution in [3.05, 3.63) is 83.2 Å². The molecule has 4 rings (SSSR count). The molecule has 8 nitrogen and oxygen atoms in total. The smallest absolute Gasteiger partial charge is 0.254 e. The minimum absolute atomic E-state index is 0.0703. The van der Waals surface area contributed by atoms with Crippen LogP contribution in [0.1, 0.15) is 27.0 Å². The van der Waals surface area contributed by atoms with Crippen LogP contribution in [0, 0.1) is 13.8 Å². The number of pyridine rings is 1. The van der Waals surface area contributed by atoms with Crippen molar-refractivity contribution in [3.8, 4) is 11.5 Å². The van der Waals surface area contributed by atoms with Gasteiger partial charge < -0.3 is 19.1 Å². The van der Waals surface area contributed by atoms with E-state index in [4.69, 9.17) is 14.2 Å². The molecule has 0 N–H and O–H groups in total. The number of sulfone groups is 1. The average Bonchev–Trinajstić information content (AvgIpc) is 3.27. The van der Waals surface area contributed by atoms with E-state index in [1.807, 2.05) is 32.0 Å². The Morgan fingerprint density at radius 3 is 2.53 bits per heavy atom. The third-order valence-electron chi connectivity index (χ3n) is 6.25. The lowest BCUT2D eigenvalue weighted by atomic mass is 10.0. The van der Waals surface area contributed by atoms with Gasteiger partial charge in [-0.25, -0.2) is 8.42 Å². The molecule has 2 aromatic carbocycles. The maximum atomic E-state index is 13.2. The Balaban J connectivity index is 1.49. The number of para-hydroxylation sites is 1. The van der Waals surface area contributed by atoms with Gasteiger partial charge in [0.2, 0.25) is 0 Å². The summed E-state index contributed by atoms with van der Waals surface area (Å²) in [5, 5.41) is 0. The van der Waals surface area contributed by atoms with Crippen LogP contribution in [0.2, 0.25) is 0 Å². The number of benzene rings is 2. The predicted molar refractivity (Wildman–Crippen MR) is 135 cm³/mol. The Kier molecular flexibility index (Phi) is 7.61. The van der Waals surface area contributed by atoms with Gasteiger partial charge in [-0.3, -0.25) is 9.78 Å². The lowest BCUT2D eigenvalue weighted by Gasteiger charge is -2.19. The van der Waals surface area contributed by atoms with Crippen LogP contribution in [-0.4, -0.2) is 63.7 Å². The van der Waals surface area contributed by atoms with Crippen molar-refractivity contribution in [2.45, 2.75) is 36.7 Å². The molecule has 0 spiro atoms. The molecule has 1 aliphatic rings. The van der Waals surface area contributed by atoms with E-state index in [9.17, 15) is 13.2 Å². The number of aromatic nitrogens is 1. The van der Waals surface area contributed by atoms with Crippen LogP contribution < -0.4 is 9.47 Å². The van der Waals surface area contributed by atoms with E-state index in [2.05, 4.69) is 4.98 Å². The lowest BCUT2D eigenvalue weighted by molar-refractivity contribution is 0.0338. The molecule has 0 aliphatic carbocycles. The summed E-state index contributed by atoms with van der Waals surface area (Å²) in [6.45, 7) is 4.61. The van der Waals surface area contributed by atoms with Crippen molar-refractivity contribution >= 4 is 15.7 Å². The molecule has 0 radical (unpaired) electrons. The standard InChI is InChI=1S/C27H30N2O6S/c1-18-9-10-19(2)22(11-18)27(30)29-15-24(34-4)25(16-29)35-21-12-20(13-28-14-21)17-36(31,32)26-8-6-5-7-23(26)33-3/h5-14,24-25H,15-17H2,1-4H3. The Morgan fingerprint density at radius 2 is 1.78 bits per heavy atom. The first-order chi connectivity index (χ1) is 17.2. The third-order valence-corrected chi connectivity index (χ3v) is 7.97. The lowest BCUT2D eigenvalue weighted by Crippen LogP contribution is -2.32. The monoisotopic (exact) mass is 510 g/mol. The molecular formula is C27H30N2O6S. The Hall–Kier alpha value is -3.43. The molecule has 0 saturated carbocycles. The zero-order valence-corrected chi connectivity index (χ0v) is 21.6. The molecule has 1 aromatic heterocycles. The molecule has 9 heteroatoms. The highest BCUT2D eigenvalue weighted by atomic mass is 32.2. The molecule has 3 aromatic rings. The summed E-state index contributed by atoms with van der Waals surface area (Å²) in [5.41, 5.74) is 3.08. The van der Waals surface area contributed by atoms with Gasteiger partial charge in [0, 0.05) is 18.9 Å². The molecule has 2 atom stereocenters. The maximum Gasteiger partial charge on any atom is 0.254 e. The zero-order chi connectivity index (χ0) is 25.9. The van der Waals surface area contributed by atoms with Crippen molar-refractivity contribution in [2.24, 2.45) is 0 Å². The number of aryl methyl sites for hydroxylation is 2. The SMILES string of the molecule is COc1ccccc1S(=O)(=O)Cc1cncc(OC2CN(C(=O)c3cc(C)ccc3C)CC2OC)c1. The number of ether oxygens (including phenoxy) is 3. The van der Waals surface area contributed by atoms with Gasteiger partial charge in [-0.05, 0) is 49.2 Å². The topological polar surface area (TPSA) is 95.0 Å². The van der Waals surface area contributed by atoms with Gasteiger partial charge in [0.1, 0.15) is 28.6 Å². The van der Waals surface area contributed by atoms with Gasteiger partial charge in [0.05, 0.1) is 32.1 Å². The highest BCUT2D eigenvalue weighted by molar-refractivity contribution is 7.90. The van der Waals surface area contributed by atoms with E-state index in [0.29, 0.717) is 35.7 Å². The van der Waals surface area contributed by atoms with E-state index >= 15 is 0 Å². The largest absolute Gasteiger partial charge is 0.495 e. The number of hydrogen-bond donors (Lipinski definition) is 0. The van der Waals surface area contributed by atoms with Crippen LogP contribution >= 0.6 is 0 Å². The van der Waals surface area contributed by atoms with E-state index in [1.165, 1.54) is 25.6 Å². The second-order valence-electron chi connectivity index (χ2n) is 8.90. The molecule has 2 heterocycles. The first-order valence-corrected chi connectivity index (χ1v) is 13.2. The van der Waals surface area contributed by atoms with Crippen molar-refractivity contribution in [1.82, 2.24) is 9.88 Å². The number of amides is 1. The Bertz CT molecular complexity index is 1360. The molecule has 1 saturated heterocycles. The summed E-state index contributed by atoms with van der Waals surface area (Å²) in [5.74, 6) is 0.378. The normalized spacial score (nSPS) is 17.7. The minimum atomic E-state index is -3.67. The quantitative estimate of drug-likeness (QED) is 0.457. The summed E-state index contributed by atoms with van der Waals surface area (Å²) < 4.78 is 43.0. The van der Waals surface area contributed by atoms with Gasteiger partial charge in [-0.15, -0.1) is 0 Å². The van der Waals surface area contributed by atoms with Crippen LogP contribution in [0.15, 0.2) is 65.8 Å². The number of hydrogen-bond acceptors (Lipinski definition) is 7. The fourth-order valence-electron chi connectivity index (χ4n) is 4.34. The molecule has 1 fully saturated rings. The predicted octanol–water partition coefficient (Wildman–Crippen LogP) is 3.60. The van der Waals surface area contributed by atoms with Gasteiger partial charge in [0.15, 0.2) is 9.84 Å². The zero-order valence-electron chi connectivity index (χ0n) is 20.8. The first kappa shape index (κ1) is 25.7. The summed E-state index contributed by atoms with van der Waals surface area (Å²) in [6, 6.07) is 14.0. The second kappa shape index (κ2) is 10.7. The highest BCUT2D eigenvalue weighted by Crippen LogP contribution is 2.28. The summed E-state index contributed by atoms with van der Waals surface area (Å²) in [7, 11) is -0.650. The van der Waals surface area contributed by atoms with E-state index < -0.39 is 15.9 Å². The number of carbonyl (C=O) groups is 1. The van der Waals surface area contributed by atoms with Crippen LogP contribution in [-0.2, 0) is 20.3 Å². The minimum Gasteiger partial charge on any atom is -0.495 e. The Morgan fingerprint density at radius 1 is 1.03 bits per heavy atom. The van der Waals surface area contributed by atoms with Crippen LogP contribution in [0.4, 0.5) is 0 Å². The summed E-state index contributed by atoms with van der Waals surface area (Å²) in [6.07, 6.45) is 2.27. The molecular weight excluding hydrogens is 480 g/mol. The summed E-state index contributed by atoms with van der Waals surface area (Å²) >= 11 is 0. The van der Waals surface area contributed by atoms with Crippen molar-refractivity contribution < 1.29 is 27.4 Å². The van der Waals surface area contributed by atoms with Crippen LogP contribution in [0.3, 0.4) is 0 Å². The van der Waals surface area contributed by atoms with Gasteiger partial charge in [-0.1, -0.05) is 29.8 Å².